The summed E-state index contributed by atoms with van der Waals surface area (Å²) in [5.74, 6) is -0.933. The SMILES string of the molecule is CCCCCC(C)(C)C1CC(=O)OC1=O. The molecule has 0 spiro atoms. The van der Waals surface area contributed by atoms with E-state index < -0.39 is 0 Å². The number of cyclic esters (lactones) is 2. The van der Waals surface area contributed by atoms with Crippen LogP contribution in [0.4, 0.5) is 0 Å². The second kappa shape index (κ2) is 4.77. The summed E-state index contributed by atoms with van der Waals surface area (Å²) >= 11 is 0. The van der Waals surface area contributed by atoms with Crippen LogP contribution in [-0.2, 0) is 14.3 Å². The van der Waals surface area contributed by atoms with Gasteiger partial charge in [0.1, 0.15) is 0 Å². The molecule has 0 aromatic carbocycles. The van der Waals surface area contributed by atoms with Gasteiger partial charge in [0.2, 0.25) is 0 Å². The molecule has 0 radical (unpaired) electrons. The zero-order valence-electron chi connectivity index (χ0n) is 9.84. The number of ether oxygens (including phenoxy) is 1. The second-order valence-electron chi connectivity index (χ2n) is 5.00. The standard InChI is InChI=1S/C12H20O3/c1-4-5-6-7-12(2,3)9-8-10(13)15-11(9)14/h9H,4-8H2,1-3H3. The minimum Gasteiger partial charge on any atom is -0.393 e. The molecule has 0 aromatic heterocycles. The lowest BCUT2D eigenvalue weighted by molar-refractivity contribution is -0.154. The van der Waals surface area contributed by atoms with Gasteiger partial charge < -0.3 is 4.74 Å². The maximum atomic E-state index is 11.4. The summed E-state index contributed by atoms with van der Waals surface area (Å²) in [6.07, 6.45) is 4.70. The smallest absolute Gasteiger partial charge is 0.317 e. The predicted octanol–water partition coefficient (Wildman–Crippen LogP) is 2.68. The molecular weight excluding hydrogens is 192 g/mol. The van der Waals surface area contributed by atoms with Crippen LogP contribution in [0.2, 0.25) is 0 Å². The fourth-order valence-corrected chi connectivity index (χ4v) is 2.08. The molecule has 1 rings (SSSR count). The van der Waals surface area contributed by atoms with Crippen molar-refractivity contribution in [2.24, 2.45) is 11.3 Å². The van der Waals surface area contributed by atoms with Gasteiger partial charge in [0.15, 0.2) is 0 Å². The molecule has 3 nitrogen and oxygen atoms in total. The summed E-state index contributed by atoms with van der Waals surface area (Å²) in [5.41, 5.74) is -0.113. The summed E-state index contributed by atoms with van der Waals surface area (Å²) in [5, 5.41) is 0. The molecule has 0 aliphatic carbocycles. The molecule has 15 heavy (non-hydrogen) atoms. The quantitative estimate of drug-likeness (QED) is 0.400. The Bertz CT molecular complexity index is 256. The Morgan fingerprint density at radius 3 is 2.47 bits per heavy atom. The molecule has 0 saturated carbocycles. The summed E-state index contributed by atoms with van der Waals surface area (Å²) in [4.78, 5) is 22.4. The lowest BCUT2D eigenvalue weighted by Gasteiger charge is -2.28. The number of hydrogen-bond acceptors (Lipinski definition) is 3. The van der Waals surface area contributed by atoms with Crippen LogP contribution >= 0.6 is 0 Å². The van der Waals surface area contributed by atoms with E-state index in [2.05, 4.69) is 11.7 Å². The van der Waals surface area contributed by atoms with Gasteiger partial charge in [-0.05, 0) is 11.8 Å². The lowest BCUT2D eigenvalue weighted by Crippen LogP contribution is -2.27. The molecule has 0 amide bonds. The Morgan fingerprint density at radius 2 is 2.00 bits per heavy atom. The van der Waals surface area contributed by atoms with Crippen LogP contribution in [0.1, 0.15) is 52.9 Å². The van der Waals surface area contributed by atoms with Crippen molar-refractivity contribution in [3.05, 3.63) is 0 Å². The maximum Gasteiger partial charge on any atom is 0.317 e. The van der Waals surface area contributed by atoms with Crippen molar-refractivity contribution in [2.75, 3.05) is 0 Å². The van der Waals surface area contributed by atoms with E-state index in [1.807, 2.05) is 13.8 Å². The van der Waals surface area contributed by atoms with Crippen molar-refractivity contribution in [2.45, 2.75) is 52.9 Å². The van der Waals surface area contributed by atoms with E-state index in [-0.39, 0.29) is 29.7 Å². The van der Waals surface area contributed by atoms with Gasteiger partial charge in [-0.3, -0.25) is 9.59 Å². The van der Waals surface area contributed by atoms with E-state index in [1.165, 1.54) is 12.8 Å². The number of carbonyl (C=O) groups excluding carboxylic acids is 2. The first-order valence-corrected chi connectivity index (χ1v) is 5.72. The maximum absolute atomic E-state index is 11.4. The Balaban J connectivity index is 2.52. The van der Waals surface area contributed by atoms with Crippen molar-refractivity contribution < 1.29 is 14.3 Å². The first kappa shape index (κ1) is 12.2. The summed E-state index contributed by atoms with van der Waals surface area (Å²) in [6.45, 7) is 6.25. The van der Waals surface area contributed by atoms with E-state index in [0.29, 0.717) is 0 Å². The number of hydrogen-bond donors (Lipinski definition) is 0. The monoisotopic (exact) mass is 212 g/mol. The number of esters is 2. The van der Waals surface area contributed by atoms with Crippen LogP contribution in [0, 0.1) is 11.3 Å². The third-order valence-corrected chi connectivity index (χ3v) is 3.24. The molecule has 0 bridgehead atoms. The Hall–Kier alpha value is -0.860. The second-order valence-corrected chi connectivity index (χ2v) is 5.00. The van der Waals surface area contributed by atoms with Crippen molar-refractivity contribution in [3.8, 4) is 0 Å². The average molecular weight is 212 g/mol. The third-order valence-electron chi connectivity index (χ3n) is 3.24. The van der Waals surface area contributed by atoms with Gasteiger partial charge >= 0.3 is 11.9 Å². The van der Waals surface area contributed by atoms with E-state index in [9.17, 15) is 9.59 Å². The van der Waals surface area contributed by atoms with Gasteiger partial charge in [-0.15, -0.1) is 0 Å². The molecule has 3 heteroatoms. The molecule has 1 fully saturated rings. The third kappa shape index (κ3) is 3.05. The van der Waals surface area contributed by atoms with Crippen LogP contribution in [-0.4, -0.2) is 11.9 Å². The lowest BCUT2D eigenvalue weighted by atomic mass is 9.74. The van der Waals surface area contributed by atoms with Crippen molar-refractivity contribution in [3.63, 3.8) is 0 Å². The molecule has 1 aliphatic heterocycles. The van der Waals surface area contributed by atoms with Gasteiger partial charge in [0.05, 0.1) is 12.3 Å². The summed E-state index contributed by atoms with van der Waals surface area (Å²) in [7, 11) is 0. The fourth-order valence-electron chi connectivity index (χ4n) is 2.08. The van der Waals surface area contributed by atoms with E-state index in [1.54, 1.807) is 0 Å². The Labute approximate surface area is 91.2 Å². The van der Waals surface area contributed by atoms with Gasteiger partial charge in [-0.2, -0.15) is 0 Å². The van der Waals surface area contributed by atoms with E-state index in [4.69, 9.17) is 0 Å². The first-order chi connectivity index (χ1) is 6.97. The van der Waals surface area contributed by atoms with Crippen molar-refractivity contribution in [1.82, 2.24) is 0 Å². The van der Waals surface area contributed by atoms with Crippen LogP contribution in [0.25, 0.3) is 0 Å². The van der Waals surface area contributed by atoms with Crippen molar-refractivity contribution >= 4 is 11.9 Å². The van der Waals surface area contributed by atoms with Gasteiger partial charge in [0.25, 0.3) is 0 Å². The van der Waals surface area contributed by atoms with Crippen LogP contribution in [0.15, 0.2) is 0 Å². The van der Waals surface area contributed by atoms with Gasteiger partial charge in [-0.1, -0.05) is 40.0 Å². The zero-order chi connectivity index (χ0) is 11.5. The number of carbonyl (C=O) groups is 2. The average Bonchev–Trinajstić information content (AvgIpc) is 2.46. The number of unbranched alkanes of at least 4 members (excludes halogenated alkanes) is 2. The molecule has 1 heterocycles. The van der Waals surface area contributed by atoms with E-state index >= 15 is 0 Å². The van der Waals surface area contributed by atoms with Crippen LogP contribution in [0.5, 0.6) is 0 Å². The van der Waals surface area contributed by atoms with E-state index in [0.717, 1.165) is 12.8 Å². The van der Waals surface area contributed by atoms with Crippen LogP contribution in [0.3, 0.4) is 0 Å². The molecule has 1 unspecified atom stereocenters. The predicted molar refractivity (Wildman–Crippen MR) is 57.1 cm³/mol. The Kier molecular flexibility index (Phi) is 3.89. The molecule has 1 aliphatic rings. The molecule has 0 aromatic rings. The summed E-state index contributed by atoms with van der Waals surface area (Å²) in [6, 6.07) is 0. The highest BCUT2D eigenvalue weighted by molar-refractivity contribution is 5.95. The minimum atomic E-state index is -0.367. The van der Waals surface area contributed by atoms with Crippen LogP contribution < -0.4 is 0 Å². The summed E-state index contributed by atoms with van der Waals surface area (Å²) < 4.78 is 4.59. The zero-order valence-corrected chi connectivity index (χ0v) is 9.84. The first-order valence-electron chi connectivity index (χ1n) is 5.72. The highest BCUT2D eigenvalue weighted by Gasteiger charge is 2.43. The molecule has 0 N–H and O–H groups in total. The van der Waals surface area contributed by atoms with Gasteiger partial charge in [-0.25, -0.2) is 0 Å². The number of rotatable bonds is 5. The molecular formula is C12H20O3. The molecule has 1 atom stereocenters. The van der Waals surface area contributed by atoms with Gasteiger partial charge in [0, 0.05) is 0 Å². The normalized spacial score (nSPS) is 21.9. The largest absolute Gasteiger partial charge is 0.393 e. The fraction of sp³-hybridized carbons (Fsp3) is 0.833. The highest BCUT2D eigenvalue weighted by atomic mass is 16.6. The topological polar surface area (TPSA) is 43.4 Å². The Morgan fingerprint density at radius 1 is 1.33 bits per heavy atom. The minimum absolute atomic E-state index is 0.113. The molecule has 86 valence electrons. The highest BCUT2D eigenvalue weighted by Crippen LogP contribution is 2.38. The van der Waals surface area contributed by atoms with Crippen molar-refractivity contribution in [1.29, 1.82) is 0 Å². The molecule has 1 saturated heterocycles.